The predicted octanol–water partition coefficient (Wildman–Crippen LogP) is 2.88. The zero-order chi connectivity index (χ0) is 10.1. The summed E-state index contributed by atoms with van der Waals surface area (Å²) in [7, 11) is 0. The fourth-order valence-electron chi connectivity index (χ4n) is 1.61. The molecule has 1 heterocycles. The molecule has 0 saturated carbocycles. The first kappa shape index (κ1) is 9.13. The van der Waals surface area contributed by atoms with Crippen LogP contribution in [0.3, 0.4) is 0 Å². The van der Waals surface area contributed by atoms with Gasteiger partial charge in [0.1, 0.15) is 17.6 Å². The van der Waals surface area contributed by atoms with Gasteiger partial charge in [0.25, 0.3) is 0 Å². The lowest BCUT2D eigenvalue weighted by molar-refractivity contribution is 0.239. The SMILES string of the molecule is CC[C@@H]1C=Cc2ccc(O)c(C)c2O1. The number of benzene rings is 1. The van der Waals surface area contributed by atoms with Gasteiger partial charge >= 0.3 is 0 Å². The van der Waals surface area contributed by atoms with E-state index < -0.39 is 0 Å². The van der Waals surface area contributed by atoms with Crippen molar-refractivity contribution in [2.45, 2.75) is 26.4 Å². The van der Waals surface area contributed by atoms with Crippen molar-refractivity contribution in [3.63, 3.8) is 0 Å². The second-order valence-electron chi connectivity index (χ2n) is 3.55. The van der Waals surface area contributed by atoms with E-state index in [4.69, 9.17) is 4.74 Å². The molecule has 1 N–H and O–H groups in total. The van der Waals surface area contributed by atoms with Crippen molar-refractivity contribution in [1.82, 2.24) is 0 Å². The van der Waals surface area contributed by atoms with Gasteiger partial charge in [0, 0.05) is 11.1 Å². The van der Waals surface area contributed by atoms with Crippen LogP contribution in [0.25, 0.3) is 6.08 Å². The average molecular weight is 190 g/mol. The largest absolute Gasteiger partial charge is 0.508 e. The van der Waals surface area contributed by atoms with Crippen LogP contribution in [0.1, 0.15) is 24.5 Å². The molecule has 74 valence electrons. The van der Waals surface area contributed by atoms with Crippen LogP contribution in [0.5, 0.6) is 11.5 Å². The van der Waals surface area contributed by atoms with E-state index in [-0.39, 0.29) is 6.10 Å². The third-order valence-electron chi connectivity index (χ3n) is 2.57. The molecular formula is C12H14O2. The first-order chi connectivity index (χ1) is 6.72. The Morgan fingerprint density at radius 3 is 2.93 bits per heavy atom. The van der Waals surface area contributed by atoms with Crippen LogP contribution in [0.2, 0.25) is 0 Å². The van der Waals surface area contributed by atoms with Crippen molar-refractivity contribution in [2.75, 3.05) is 0 Å². The highest BCUT2D eigenvalue weighted by Gasteiger charge is 2.16. The number of hydrogen-bond donors (Lipinski definition) is 1. The molecule has 1 aliphatic heterocycles. The smallest absolute Gasteiger partial charge is 0.134 e. The van der Waals surface area contributed by atoms with Crippen LogP contribution < -0.4 is 4.74 Å². The summed E-state index contributed by atoms with van der Waals surface area (Å²) >= 11 is 0. The fraction of sp³-hybridized carbons (Fsp3) is 0.333. The van der Waals surface area contributed by atoms with Crippen molar-refractivity contribution < 1.29 is 9.84 Å². The van der Waals surface area contributed by atoms with E-state index in [1.807, 2.05) is 13.0 Å². The van der Waals surface area contributed by atoms with Crippen LogP contribution >= 0.6 is 0 Å². The van der Waals surface area contributed by atoms with Crippen molar-refractivity contribution in [1.29, 1.82) is 0 Å². The molecular weight excluding hydrogens is 176 g/mol. The van der Waals surface area contributed by atoms with Gasteiger partial charge in [-0.25, -0.2) is 0 Å². The third-order valence-corrected chi connectivity index (χ3v) is 2.57. The third kappa shape index (κ3) is 1.37. The molecule has 0 aromatic heterocycles. The fourth-order valence-corrected chi connectivity index (χ4v) is 1.61. The first-order valence-corrected chi connectivity index (χ1v) is 4.89. The molecule has 1 aromatic rings. The molecule has 1 aliphatic rings. The molecule has 0 bridgehead atoms. The highest BCUT2D eigenvalue weighted by molar-refractivity contribution is 5.64. The molecule has 0 fully saturated rings. The minimum atomic E-state index is 0.142. The van der Waals surface area contributed by atoms with Crippen molar-refractivity contribution >= 4 is 6.08 Å². The van der Waals surface area contributed by atoms with Gasteiger partial charge in [-0.1, -0.05) is 13.0 Å². The zero-order valence-corrected chi connectivity index (χ0v) is 8.45. The van der Waals surface area contributed by atoms with E-state index in [1.54, 1.807) is 6.07 Å². The molecule has 0 saturated heterocycles. The maximum Gasteiger partial charge on any atom is 0.134 e. The number of phenolic OH excluding ortho intramolecular Hbond substituents is 1. The minimum absolute atomic E-state index is 0.142. The number of rotatable bonds is 1. The number of hydrogen-bond acceptors (Lipinski definition) is 2. The minimum Gasteiger partial charge on any atom is -0.508 e. The summed E-state index contributed by atoms with van der Waals surface area (Å²) in [6.45, 7) is 3.96. The Morgan fingerprint density at radius 1 is 1.43 bits per heavy atom. The Hall–Kier alpha value is -1.44. The second kappa shape index (κ2) is 3.37. The molecule has 0 unspecified atom stereocenters. The quantitative estimate of drug-likeness (QED) is 0.737. The van der Waals surface area contributed by atoms with Crippen LogP contribution in [0, 0.1) is 6.92 Å². The lowest BCUT2D eigenvalue weighted by atomic mass is 10.0. The molecule has 1 atom stereocenters. The molecule has 2 rings (SSSR count). The van der Waals surface area contributed by atoms with E-state index in [9.17, 15) is 5.11 Å². The van der Waals surface area contributed by atoms with Gasteiger partial charge in [0.15, 0.2) is 0 Å². The average Bonchev–Trinajstić information content (AvgIpc) is 2.23. The lowest BCUT2D eigenvalue weighted by Gasteiger charge is -2.22. The Kier molecular flexibility index (Phi) is 2.20. The number of fused-ring (bicyclic) bond motifs is 1. The summed E-state index contributed by atoms with van der Waals surface area (Å²) in [5.74, 6) is 1.12. The summed E-state index contributed by atoms with van der Waals surface area (Å²) in [4.78, 5) is 0. The van der Waals surface area contributed by atoms with E-state index in [2.05, 4.69) is 19.1 Å². The van der Waals surface area contributed by atoms with Gasteiger partial charge in [-0.15, -0.1) is 0 Å². The summed E-state index contributed by atoms with van der Waals surface area (Å²) in [6, 6.07) is 3.58. The maximum absolute atomic E-state index is 9.53. The van der Waals surface area contributed by atoms with Gasteiger partial charge in [-0.2, -0.15) is 0 Å². The second-order valence-corrected chi connectivity index (χ2v) is 3.55. The van der Waals surface area contributed by atoms with Gasteiger partial charge in [-0.3, -0.25) is 0 Å². The van der Waals surface area contributed by atoms with E-state index in [0.717, 1.165) is 23.3 Å². The molecule has 0 amide bonds. The molecule has 2 nitrogen and oxygen atoms in total. The Balaban J connectivity index is 2.47. The molecule has 14 heavy (non-hydrogen) atoms. The van der Waals surface area contributed by atoms with E-state index in [1.165, 1.54) is 0 Å². The summed E-state index contributed by atoms with van der Waals surface area (Å²) in [5.41, 5.74) is 1.87. The summed E-state index contributed by atoms with van der Waals surface area (Å²) in [5, 5.41) is 9.53. The predicted molar refractivity (Wildman–Crippen MR) is 56.6 cm³/mol. The molecule has 2 heteroatoms. The van der Waals surface area contributed by atoms with Crippen LogP contribution in [-0.2, 0) is 0 Å². The Labute approximate surface area is 83.8 Å². The normalized spacial score (nSPS) is 18.9. The van der Waals surface area contributed by atoms with Crippen molar-refractivity contribution in [3.8, 4) is 11.5 Å². The van der Waals surface area contributed by atoms with Crippen molar-refractivity contribution in [3.05, 3.63) is 29.3 Å². The van der Waals surface area contributed by atoms with E-state index >= 15 is 0 Å². The van der Waals surface area contributed by atoms with Crippen LogP contribution in [0.4, 0.5) is 0 Å². The molecule has 0 aliphatic carbocycles. The van der Waals surface area contributed by atoms with Gasteiger partial charge in [0.05, 0.1) is 0 Å². The van der Waals surface area contributed by atoms with Gasteiger partial charge < -0.3 is 9.84 Å². The van der Waals surface area contributed by atoms with Crippen LogP contribution in [-0.4, -0.2) is 11.2 Å². The van der Waals surface area contributed by atoms with E-state index in [0.29, 0.717) is 5.75 Å². The number of phenols is 1. The molecule has 0 radical (unpaired) electrons. The number of ether oxygens (including phenoxy) is 1. The first-order valence-electron chi connectivity index (χ1n) is 4.89. The van der Waals surface area contributed by atoms with Crippen molar-refractivity contribution in [2.24, 2.45) is 0 Å². The monoisotopic (exact) mass is 190 g/mol. The van der Waals surface area contributed by atoms with Crippen LogP contribution in [0.15, 0.2) is 18.2 Å². The van der Waals surface area contributed by atoms with Gasteiger partial charge in [0.2, 0.25) is 0 Å². The summed E-state index contributed by atoms with van der Waals surface area (Å²) < 4.78 is 5.75. The zero-order valence-electron chi connectivity index (χ0n) is 8.45. The molecule has 1 aromatic carbocycles. The lowest BCUT2D eigenvalue weighted by Crippen LogP contribution is -2.16. The molecule has 0 spiro atoms. The standard InChI is InChI=1S/C12H14O2/c1-3-10-6-4-9-5-7-11(13)8(2)12(9)14-10/h4-7,10,13H,3H2,1-2H3/t10-/m1/s1. The van der Waals surface area contributed by atoms with Gasteiger partial charge in [-0.05, 0) is 31.6 Å². The summed E-state index contributed by atoms with van der Waals surface area (Å²) in [6.07, 6.45) is 5.20. The highest BCUT2D eigenvalue weighted by Crippen LogP contribution is 2.35. The number of aromatic hydroxyl groups is 1. The Bertz CT molecular complexity index is 380. The highest BCUT2D eigenvalue weighted by atomic mass is 16.5. The Morgan fingerprint density at radius 2 is 2.21 bits per heavy atom. The topological polar surface area (TPSA) is 29.5 Å². The maximum atomic E-state index is 9.53.